The van der Waals surface area contributed by atoms with E-state index in [1.165, 1.54) is 6.07 Å². The monoisotopic (exact) mass is 237 g/mol. The van der Waals surface area contributed by atoms with Gasteiger partial charge in [-0.05, 0) is 36.1 Å². The number of fused-ring (bicyclic) bond motifs is 1. The molecule has 0 aromatic heterocycles. The van der Waals surface area contributed by atoms with Crippen molar-refractivity contribution < 1.29 is 15.3 Å². The molecule has 0 bridgehead atoms. The molecule has 0 spiro atoms. The van der Waals surface area contributed by atoms with Crippen LogP contribution in [-0.4, -0.2) is 27.4 Å². The van der Waals surface area contributed by atoms with E-state index in [1.807, 2.05) is 13.8 Å². The molecule has 1 aliphatic carbocycles. The minimum absolute atomic E-state index is 0.00597. The van der Waals surface area contributed by atoms with Crippen LogP contribution < -0.4 is 5.32 Å². The number of hydrogen-bond acceptors (Lipinski definition) is 4. The van der Waals surface area contributed by atoms with Gasteiger partial charge < -0.3 is 20.6 Å². The van der Waals surface area contributed by atoms with E-state index in [2.05, 4.69) is 5.32 Å². The third-order valence-electron chi connectivity index (χ3n) is 3.21. The van der Waals surface area contributed by atoms with E-state index >= 15 is 0 Å². The van der Waals surface area contributed by atoms with Gasteiger partial charge in [0, 0.05) is 12.1 Å². The van der Waals surface area contributed by atoms with Crippen LogP contribution in [0, 0.1) is 0 Å². The van der Waals surface area contributed by atoms with Crippen molar-refractivity contribution in [2.75, 3.05) is 0 Å². The minimum Gasteiger partial charge on any atom is -0.504 e. The lowest BCUT2D eigenvalue weighted by molar-refractivity contribution is 0.110. The van der Waals surface area contributed by atoms with Crippen molar-refractivity contribution >= 4 is 0 Å². The van der Waals surface area contributed by atoms with Crippen LogP contribution >= 0.6 is 0 Å². The van der Waals surface area contributed by atoms with Gasteiger partial charge in [-0.2, -0.15) is 0 Å². The summed E-state index contributed by atoms with van der Waals surface area (Å²) in [6, 6.07) is 3.32. The highest BCUT2D eigenvalue weighted by Gasteiger charge is 2.29. The average molecular weight is 237 g/mol. The number of rotatable bonds is 2. The Morgan fingerprint density at radius 2 is 1.88 bits per heavy atom. The van der Waals surface area contributed by atoms with Crippen LogP contribution in [0.4, 0.5) is 0 Å². The highest BCUT2D eigenvalue weighted by molar-refractivity contribution is 5.47. The van der Waals surface area contributed by atoms with E-state index in [0.29, 0.717) is 11.6 Å². The maximum Gasteiger partial charge on any atom is 0.157 e. The molecule has 0 unspecified atom stereocenters. The van der Waals surface area contributed by atoms with Crippen molar-refractivity contribution in [1.82, 2.24) is 5.32 Å². The number of aliphatic hydroxyl groups is 1. The first-order valence-electron chi connectivity index (χ1n) is 5.98. The first-order valence-corrected chi connectivity index (χ1v) is 5.98. The van der Waals surface area contributed by atoms with Gasteiger partial charge >= 0.3 is 0 Å². The number of phenolic OH excluding ortho intramolecular Hbond substituents is 2. The van der Waals surface area contributed by atoms with Crippen molar-refractivity contribution in [3.05, 3.63) is 23.3 Å². The Kier molecular flexibility index (Phi) is 3.26. The maximum atomic E-state index is 10.2. The summed E-state index contributed by atoms with van der Waals surface area (Å²) >= 11 is 0. The summed E-state index contributed by atoms with van der Waals surface area (Å²) in [5.41, 5.74) is 1.62. The number of aromatic hydroxyl groups is 2. The molecular formula is C13H19NO3. The van der Waals surface area contributed by atoms with Gasteiger partial charge in [0.25, 0.3) is 0 Å². The summed E-state index contributed by atoms with van der Waals surface area (Å²) in [7, 11) is 0. The SMILES string of the molecule is CC(C)N[C@H]1CCc2cc(O)c(O)cc2[C@@H]1O. The quantitative estimate of drug-likeness (QED) is 0.587. The second kappa shape index (κ2) is 4.55. The summed E-state index contributed by atoms with van der Waals surface area (Å²) in [6.45, 7) is 4.08. The molecule has 2 atom stereocenters. The number of benzene rings is 1. The van der Waals surface area contributed by atoms with E-state index in [-0.39, 0.29) is 17.5 Å². The molecule has 0 aliphatic heterocycles. The molecule has 0 saturated heterocycles. The van der Waals surface area contributed by atoms with Crippen LogP contribution in [-0.2, 0) is 6.42 Å². The predicted molar refractivity (Wildman–Crippen MR) is 65.1 cm³/mol. The molecule has 4 N–H and O–H groups in total. The van der Waals surface area contributed by atoms with E-state index in [4.69, 9.17) is 0 Å². The van der Waals surface area contributed by atoms with Crippen LogP contribution in [0.1, 0.15) is 37.5 Å². The lowest BCUT2D eigenvalue weighted by atomic mass is 9.85. The molecule has 0 amide bonds. The standard InChI is InChI=1S/C13H19NO3/c1-7(2)14-10-4-3-8-5-11(15)12(16)6-9(8)13(10)17/h5-7,10,13-17H,3-4H2,1-2H3/t10-,13-/m0/s1. The molecule has 0 radical (unpaired) electrons. The van der Waals surface area contributed by atoms with Gasteiger partial charge in [-0.1, -0.05) is 13.8 Å². The number of aliphatic hydroxyl groups excluding tert-OH is 1. The summed E-state index contributed by atoms with van der Waals surface area (Å²) in [5, 5.41) is 32.4. The molecule has 0 heterocycles. The summed E-state index contributed by atoms with van der Waals surface area (Å²) in [6.07, 6.45) is 0.994. The Morgan fingerprint density at radius 3 is 2.53 bits per heavy atom. The number of hydrogen-bond donors (Lipinski definition) is 4. The minimum atomic E-state index is -0.632. The third-order valence-corrected chi connectivity index (χ3v) is 3.21. The molecule has 4 heteroatoms. The van der Waals surface area contributed by atoms with Crippen molar-refractivity contribution in [3.8, 4) is 11.5 Å². The molecule has 17 heavy (non-hydrogen) atoms. The van der Waals surface area contributed by atoms with Crippen molar-refractivity contribution in [3.63, 3.8) is 0 Å². The first-order chi connectivity index (χ1) is 7.99. The highest BCUT2D eigenvalue weighted by Crippen LogP contribution is 2.37. The Morgan fingerprint density at radius 1 is 1.24 bits per heavy atom. The van der Waals surface area contributed by atoms with Gasteiger partial charge in [0.05, 0.1) is 6.10 Å². The second-order valence-electron chi connectivity index (χ2n) is 4.95. The lowest BCUT2D eigenvalue weighted by Crippen LogP contribution is -2.41. The van der Waals surface area contributed by atoms with Crippen molar-refractivity contribution in [1.29, 1.82) is 0 Å². The highest BCUT2D eigenvalue weighted by atomic mass is 16.3. The Hall–Kier alpha value is -1.26. The largest absolute Gasteiger partial charge is 0.504 e. The van der Waals surface area contributed by atoms with Crippen LogP contribution in [0.5, 0.6) is 11.5 Å². The zero-order valence-corrected chi connectivity index (χ0v) is 10.1. The Labute approximate surface area is 101 Å². The number of phenols is 2. The van der Waals surface area contributed by atoms with Crippen LogP contribution in [0.2, 0.25) is 0 Å². The molecule has 94 valence electrons. The second-order valence-corrected chi connectivity index (χ2v) is 4.95. The zero-order valence-electron chi connectivity index (χ0n) is 10.1. The topological polar surface area (TPSA) is 72.7 Å². The lowest BCUT2D eigenvalue weighted by Gasteiger charge is -2.32. The number of aryl methyl sites for hydroxylation is 1. The van der Waals surface area contributed by atoms with Gasteiger partial charge in [0.15, 0.2) is 11.5 Å². The summed E-state index contributed by atoms with van der Waals surface area (Å²) in [5.74, 6) is -0.292. The fraction of sp³-hybridized carbons (Fsp3) is 0.538. The van der Waals surface area contributed by atoms with Gasteiger partial charge in [-0.15, -0.1) is 0 Å². The van der Waals surface area contributed by atoms with Crippen LogP contribution in [0.15, 0.2) is 12.1 Å². The van der Waals surface area contributed by atoms with E-state index in [9.17, 15) is 15.3 Å². The fourth-order valence-electron chi connectivity index (χ4n) is 2.42. The van der Waals surface area contributed by atoms with E-state index < -0.39 is 6.10 Å². The van der Waals surface area contributed by atoms with Gasteiger partial charge in [0.1, 0.15) is 0 Å². The fourth-order valence-corrected chi connectivity index (χ4v) is 2.42. The maximum absolute atomic E-state index is 10.2. The molecule has 1 aromatic carbocycles. The molecule has 2 rings (SSSR count). The normalized spacial score (nSPS) is 23.8. The molecule has 4 nitrogen and oxygen atoms in total. The molecular weight excluding hydrogens is 218 g/mol. The Bertz CT molecular complexity index is 417. The van der Waals surface area contributed by atoms with Gasteiger partial charge in [0.2, 0.25) is 0 Å². The molecule has 1 aliphatic rings. The number of nitrogens with one attached hydrogen (secondary N) is 1. The van der Waals surface area contributed by atoms with Gasteiger partial charge in [-0.25, -0.2) is 0 Å². The third kappa shape index (κ3) is 2.37. The van der Waals surface area contributed by atoms with Crippen LogP contribution in [0.3, 0.4) is 0 Å². The molecule has 1 aromatic rings. The molecule has 0 saturated carbocycles. The van der Waals surface area contributed by atoms with E-state index in [1.54, 1.807) is 6.07 Å². The van der Waals surface area contributed by atoms with Crippen molar-refractivity contribution in [2.45, 2.75) is 44.9 Å². The van der Waals surface area contributed by atoms with Crippen molar-refractivity contribution in [2.24, 2.45) is 0 Å². The summed E-state index contributed by atoms with van der Waals surface area (Å²) in [4.78, 5) is 0. The average Bonchev–Trinajstić information content (AvgIpc) is 2.25. The first kappa shape index (κ1) is 12.2. The Balaban J connectivity index is 2.28. The zero-order chi connectivity index (χ0) is 12.6. The van der Waals surface area contributed by atoms with E-state index in [0.717, 1.165) is 18.4 Å². The smallest absolute Gasteiger partial charge is 0.157 e. The van der Waals surface area contributed by atoms with Gasteiger partial charge in [-0.3, -0.25) is 0 Å². The summed E-state index contributed by atoms with van der Waals surface area (Å²) < 4.78 is 0. The van der Waals surface area contributed by atoms with Crippen LogP contribution in [0.25, 0.3) is 0 Å². The molecule has 0 fully saturated rings. The predicted octanol–water partition coefficient (Wildman–Crippen LogP) is 1.44.